The van der Waals surface area contributed by atoms with Gasteiger partial charge in [0.1, 0.15) is 5.00 Å². The van der Waals surface area contributed by atoms with Crippen LogP contribution in [0.4, 0.5) is 5.00 Å². The van der Waals surface area contributed by atoms with E-state index in [1.807, 2.05) is 16.8 Å². The summed E-state index contributed by atoms with van der Waals surface area (Å²) in [7, 11) is 0. The number of ether oxygens (including phenoxy) is 2. The van der Waals surface area contributed by atoms with Crippen molar-refractivity contribution in [3.63, 3.8) is 0 Å². The SMILES string of the molecule is O=C(Nc1sccc1C(=O)N[C@@H]1CCO[C@@]2(CCOC2)C1)c1cccs1. The zero-order valence-electron chi connectivity index (χ0n) is 14.2. The zero-order valence-corrected chi connectivity index (χ0v) is 15.8. The second kappa shape index (κ2) is 7.48. The van der Waals surface area contributed by atoms with Crippen LogP contribution in [0, 0.1) is 0 Å². The van der Waals surface area contributed by atoms with Crippen LogP contribution in [0.3, 0.4) is 0 Å². The first kappa shape index (κ1) is 17.7. The molecule has 2 aromatic heterocycles. The monoisotopic (exact) mass is 392 g/mol. The van der Waals surface area contributed by atoms with Crippen molar-refractivity contribution >= 4 is 39.5 Å². The van der Waals surface area contributed by atoms with E-state index in [2.05, 4.69) is 10.6 Å². The fraction of sp³-hybridized carbons (Fsp3) is 0.444. The summed E-state index contributed by atoms with van der Waals surface area (Å²) in [6, 6.07) is 5.39. The molecule has 4 heterocycles. The van der Waals surface area contributed by atoms with Crippen molar-refractivity contribution in [1.29, 1.82) is 0 Å². The molecule has 8 heteroatoms. The van der Waals surface area contributed by atoms with Gasteiger partial charge in [-0.15, -0.1) is 22.7 Å². The van der Waals surface area contributed by atoms with E-state index >= 15 is 0 Å². The summed E-state index contributed by atoms with van der Waals surface area (Å²) < 4.78 is 11.4. The van der Waals surface area contributed by atoms with Crippen molar-refractivity contribution < 1.29 is 19.1 Å². The number of hydrogen-bond donors (Lipinski definition) is 2. The van der Waals surface area contributed by atoms with E-state index in [4.69, 9.17) is 9.47 Å². The first-order valence-electron chi connectivity index (χ1n) is 8.60. The number of carbonyl (C=O) groups is 2. The molecular weight excluding hydrogens is 372 g/mol. The van der Waals surface area contributed by atoms with Crippen molar-refractivity contribution in [2.24, 2.45) is 0 Å². The third-order valence-corrected chi connectivity index (χ3v) is 6.48. The van der Waals surface area contributed by atoms with Gasteiger partial charge < -0.3 is 20.1 Å². The molecule has 2 aliphatic heterocycles. The lowest BCUT2D eigenvalue weighted by atomic mass is 9.89. The molecule has 4 rings (SSSR count). The highest BCUT2D eigenvalue weighted by Crippen LogP contribution is 2.33. The minimum absolute atomic E-state index is 0.0543. The van der Waals surface area contributed by atoms with Gasteiger partial charge in [0.15, 0.2) is 0 Å². The summed E-state index contributed by atoms with van der Waals surface area (Å²) in [6.45, 7) is 1.93. The molecule has 2 amide bonds. The highest BCUT2D eigenvalue weighted by Gasteiger charge is 2.41. The molecule has 2 fully saturated rings. The van der Waals surface area contributed by atoms with Crippen molar-refractivity contribution in [3.8, 4) is 0 Å². The third kappa shape index (κ3) is 3.68. The number of anilines is 1. The predicted molar refractivity (Wildman–Crippen MR) is 101 cm³/mol. The van der Waals surface area contributed by atoms with Crippen molar-refractivity contribution in [2.45, 2.75) is 30.9 Å². The number of amides is 2. The van der Waals surface area contributed by atoms with E-state index in [0.717, 1.165) is 19.3 Å². The van der Waals surface area contributed by atoms with Crippen LogP contribution in [0.15, 0.2) is 29.0 Å². The Balaban J connectivity index is 1.41. The summed E-state index contributed by atoms with van der Waals surface area (Å²) in [5.41, 5.74) is 0.254. The summed E-state index contributed by atoms with van der Waals surface area (Å²) in [6.07, 6.45) is 2.42. The maximum Gasteiger partial charge on any atom is 0.266 e. The van der Waals surface area contributed by atoms with Gasteiger partial charge in [0.25, 0.3) is 11.8 Å². The molecule has 0 saturated carbocycles. The van der Waals surface area contributed by atoms with Gasteiger partial charge in [-0.05, 0) is 35.7 Å². The molecule has 0 aliphatic carbocycles. The molecule has 0 unspecified atom stereocenters. The molecule has 6 nitrogen and oxygen atoms in total. The average molecular weight is 393 g/mol. The molecule has 26 heavy (non-hydrogen) atoms. The molecular formula is C18H20N2O4S2. The maximum atomic E-state index is 12.7. The van der Waals surface area contributed by atoms with E-state index in [1.165, 1.54) is 22.7 Å². The van der Waals surface area contributed by atoms with Gasteiger partial charge in [-0.2, -0.15) is 0 Å². The third-order valence-electron chi connectivity index (χ3n) is 4.78. The molecule has 0 bridgehead atoms. The summed E-state index contributed by atoms with van der Waals surface area (Å²) in [5, 5.41) is 10.2. The van der Waals surface area contributed by atoms with Crippen molar-refractivity contribution in [3.05, 3.63) is 39.4 Å². The van der Waals surface area contributed by atoms with Crippen molar-refractivity contribution in [2.75, 3.05) is 25.1 Å². The number of nitrogens with one attached hydrogen (secondary N) is 2. The van der Waals surface area contributed by atoms with Gasteiger partial charge in [-0.3, -0.25) is 9.59 Å². The fourth-order valence-corrected chi connectivity index (χ4v) is 4.83. The molecule has 0 radical (unpaired) electrons. The second-order valence-electron chi connectivity index (χ2n) is 6.59. The van der Waals surface area contributed by atoms with Crippen molar-refractivity contribution in [1.82, 2.24) is 5.32 Å². The standard InChI is InChI=1S/C18H20N2O4S2/c21-15(19-12-3-6-24-18(10-12)5-7-23-11-18)13-4-9-26-17(13)20-16(22)14-2-1-8-25-14/h1-2,4,8-9,12H,3,5-7,10-11H2,(H,19,21)(H,20,22)/t12-,18+/m1/s1. The van der Waals surface area contributed by atoms with Crippen LogP contribution in [-0.4, -0.2) is 43.3 Å². The molecule has 2 N–H and O–H groups in total. The normalized spacial score (nSPS) is 25.3. The Hall–Kier alpha value is -1.74. The maximum absolute atomic E-state index is 12.7. The van der Waals surface area contributed by atoms with Crippen LogP contribution in [-0.2, 0) is 9.47 Å². The molecule has 2 saturated heterocycles. The number of carbonyl (C=O) groups excluding carboxylic acids is 2. The Morgan fingerprint density at radius 2 is 2.08 bits per heavy atom. The van der Waals surface area contributed by atoms with E-state index in [9.17, 15) is 9.59 Å². The minimum atomic E-state index is -0.249. The topological polar surface area (TPSA) is 76.7 Å². The Morgan fingerprint density at radius 1 is 1.15 bits per heavy atom. The van der Waals surface area contributed by atoms with Crippen LogP contribution in [0.25, 0.3) is 0 Å². The molecule has 0 aromatic carbocycles. The Bertz CT molecular complexity index is 781. The molecule has 2 aliphatic rings. The molecule has 1 spiro atoms. The average Bonchev–Trinajstić information content (AvgIpc) is 3.36. The van der Waals surface area contributed by atoms with Gasteiger partial charge >= 0.3 is 0 Å². The Labute approximate surface area is 159 Å². The molecule has 2 aromatic rings. The second-order valence-corrected chi connectivity index (χ2v) is 8.46. The molecule has 138 valence electrons. The first-order chi connectivity index (χ1) is 12.7. The van der Waals surface area contributed by atoms with Gasteiger partial charge in [0.2, 0.25) is 0 Å². The van der Waals surface area contributed by atoms with Crippen LogP contribution in [0.2, 0.25) is 0 Å². The smallest absolute Gasteiger partial charge is 0.266 e. The predicted octanol–water partition coefficient (Wildman–Crippen LogP) is 3.13. The Kier molecular flexibility index (Phi) is 5.08. The van der Waals surface area contributed by atoms with Crippen LogP contribution in [0.5, 0.6) is 0 Å². The summed E-state index contributed by atoms with van der Waals surface area (Å²) >= 11 is 2.72. The first-order valence-corrected chi connectivity index (χ1v) is 10.4. The fourth-order valence-electron chi connectivity index (χ4n) is 3.43. The van der Waals surface area contributed by atoms with Gasteiger partial charge in [0.05, 0.1) is 22.6 Å². The number of rotatable bonds is 4. The number of thiophene rings is 2. The lowest BCUT2D eigenvalue weighted by molar-refractivity contribution is -0.0880. The van der Waals surface area contributed by atoms with Crippen LogP contribution < -0.4 is 10.6 Å². The highest BCUT2D eigenvalue weighted by atomic mass is 32.1. The van der Waals surface area contributed by atoms with Gasteiger partial charge in [-0.25, -0.2) is 0 Å². The zero-order chi connectivity index (χ0) is 18.0. The van der Waals surface area contributed by atoms with Gasteiger partial charge in [0, 0.05) is 25.7 Å². The van der Waals surface area contributed by atoms with E-state index in [-0.39, 0.29) is 23.5 Å². The lowest BCUT2D eigenvalue weighted by Crippen LogP contribution is -2.49. The van der Waals surface area contributed by atoms with Gasteiger partial charge in [-0.1, -0.05) is 6.07 Å². The lowest BCUT2D eigenvalue weighted by Gasteiger charge is -2.37. The Morgan fingerprint density at radius 3 is 2.85 bits per heavy atom. The van der Waals surface area contributed by atoms with E-state index in [1.54, 1.807) is 12.1 Å². The van der Waals surface area contributed by atoms with E-state index in [0.29, 0.717) is 35.3 Å². The van der Waals surface area contributed by atoms with Crippen LogP contribution in [0.1, 0.15) is 39.3 Å². The highest BCUT2D eigenvalue weighted by molar-refractivity contribution is 7.15. The summed E-state index contributed by atoms with van der Waals surface area (Å²) in [4.78, 5) is 25.6. The quantitative estimate of drug-likeness (QED) is 0.838. The minimum Gasteiger partial charge on any atom is -0.378 e. The summed E-state index contributed by atoms with van der Waals surface area (Å²) in [5.74, 6) is -0.349. The van der Waals surface area contributed by atoms with E-state index < -0.39 is 0 Å². The largest absolute Gasteiger partial charge is 0.378 e. The number of hydrogen-bond acceptors (Lipinski definition) is 6. The molecule has 2 atom stereocenters. The van der Waals surface area contributed by atoms with Crippen LogP contribution >= 0.6 is 22.7 Å².